The molecule has 0 saturated carbocycles. The van der Waals surface area contributed by atoms with Crippen LogP contribution < -0.4 is 4.74 Å². The topological polar surface area (TPSA) is 54.5 Å². The lowest BCUT2D eigenvalue weighted by Gasteiger charge is -2.37. The van der Waals surface area contributed by atoms with Gasteiger partial charge in [0.1, 0.15) is 11.6 Å². The molecule has 1 atom stereocenters. The molecule has 2 aliphatic rings. The summed E-state index contributed by atoms with van der Waals surface area (Å²) in [6.07, 6.45) is -0.149. The minimum atomic E-state index is -0.494. The van der Waals surface area contributed by atoms with Crippen LogP contribution in [0.5, 0.6) is 5.75 Å². The van der Waals surface area contributed by atoms with E-state index in [1.807, 2.05) is 18.2 Å². The first-order valence-corrected chi connectivity index (χ1v) is 11.9. The molecule has 0 spiro atoms. The smallest absolute Gasteiger partial charge is 0.256 e. The van der Waals surface area contributed by atoms with E-state index in [0.29, 0.717) is 39.5 Å². The van der Waals surface area contributed by atoms with E-state index in [0.717, 1.165) is 44.0 Å². The van der Waals surface area contributed by atoms with E-state index in [1.165, 1.54) is 6.07 Å². The largest absolute Gasteiger partial charge is 0.496 e. The number of ether oxygens (including phenoxy) is 3. The number of morpholine rings is 2. The summed E-state index contributed by atoms with van der Waals surface area (Å²) in [5.74, 6) is 0.0791. The predicted octanol–water partition coefficient (Wildman–Crippen LogP) is 2.51. The molecule has 2 aromatic carbocycles. The average Bonchev–Trinajstić information content (AvgIpc) is 2.87. The van der Waals surface area contributed by atoms with E-state index >= 15 is 0 Å². The molecule has 0 aliphatic carbocycles. The van der Waals surface area contributed by atoms with Gasteiger partial charge in [0.2, 0.25) is 0 Å². The summed E-state index contributed by atoms with van der Waals surface area (Å²) < 4.78 is 31.4. The summed E-state index contributed by atoms with van der Waals surface area (Å²) in [6.45, 7) is 7.57. The van der Waals surface area contributed by atoms with Crippen LogP contribution in [-0.4, -0.2) is 99.5 Å². The number of para-hydroxylation sites is 1. The molecular weight excluding hydrogens is 437 g/mol. The van der Waals surface area contributed by atoms with Crippen molar-refractivity contribution in [3.8, 4) is 5.75 Å². The molecule has 1 amide bonds. The Bertz CT molecular complexity index is 938. The van der Waals surface area contributed by atoms with Crippen molar-refractivity contribution in [3.05, 3.63) is 65.5 Å². The molecule has 0 aromatic heterocycles. The summed E-state index contributed by atoms with van der Waals surface area (Å²) in [6, 6.07) is 14.2. The van der Waals surface area contributed by atoms with Crippen LogP contribution in [0.4, 0.5) is 4.39 Å². The summed E-state index contributed by atoms with van der Waals surface area (Å²) in [5.41, 5.74) is 1.23. The monoisotopic (exact) mass is 471 g/mol. The van der Waals surface area contributed by atoms with E-state index in [9.17, 15) is 9.18 Å². The third-order valence-electron chi connectivity index (χ3n) is 6.41. The quantitative estimate of drug-likeness (QED) is 0.560. The number of rotatable bonds is 9. The van der Waals surface area contributed by atoms with Gasteiger partial charge in [0.05, 0.1) is 38.6 Å². The number of nitrogens with zero attached hydrogens (tertiary/aromatic N) is 3. The van der Waals surface area contributed by atoms with E-state index in [4.69, 9.17) is 14.2 Å². The summed E-state index contributed by atoms with van der Waals surface area (Å²) in [4.78, 5) is 19.7. The number of benzene rings is 2. The molecule has 0 unspecified atom stereocenters. The number of halogens is 1. The Morgan fingerprint density at radius 3 is 2.59 bits per heavy atom. The summed E-state index contributed by atoms with van der Waals surface area (Å²) in [5, 5.41) is 0. The van der Waals surface area contributed by atoms with E-state index in [-0.39, 0.29) is 17.6 Å². The number of methoxy groups -OCH3 is 1. The summed E-state index contributed by atoms with van der Waals surface area (Å²) >= 11 is 0. The van der Waals surface area contributed by atoms with Crippen molar-refractivity contribution < 1.29 is 23.4 Å². The maximum absolute atomic E-state index is 14.4. The van der Waals surface area contributed by atoms with Crippen molar-refractivity contribution in [1.82, 2.24) is 14.7 Å². The van der Waals surface area contributed by atoms with Gasteiger partial charge in [-0.2, -0.15) is 0 Å². The molecule has 7 nitrogen and oxygen atoms in total. The third-order valence-corrected chi connectivity index (χ3v) is 6.41. The normalized spacial score (nSPS) is 19.6. The van der Waals surface area contributed by atoms with Crippen molar-refractivity contribution in [1.29, 1.82) is 0 Å². The van der Waals surface area contributed by atoms with Gasteiger partial charge in [-0.1, -0.05) is 30.3 Å². The maximum atomic E-state index is 14.4. The Balaban J connectivity index is 1.42. The molecule has 2 aliphatic heterocycles. The fourth-order valence-corrected chi connectivity index (χ4v) is 4.52. The molecule has 0 bridgehead atoms. The molecule has 2 saturated heterocycles. The lowest BCUT2D eigenvalue weighted by atomic mass is 10.1. The second-order valence-electron chi connectivity index (χ2n) is 8.72. The lowest BCUT2D eigenvalue weighted by molar-refractivity contribution is -0.0445. The zero-order chi connectivity index (χ0) is 23.8. The van der Waals surface area contributed by atoms with Gasteiger partial charge in [-0.05, 0) is 18.2 Å². The fourth-order valence-electron chi connectivity index (χ4n) is 4.52. The van der Waals surface area contributed by atoms with Gasteiger partial charge in [0, 0.05) is 57.9 Å². The number of hydrogen-bond acceptors (Lipinski definition) is 6. The SMILES string of the molecule is COc1ccccc1CN1CCO[C@@H](CN(CCN2CCOCC2)C(=O)c2ccccc2F)C1. The number of carbonyl (C=O) groups is 1. The second kappa shape index (κ2) is 12.3. The van der Waals surface area contributed by atoms with Crippen LogP contribution in [0, 0.1) is 5.82 Å². The molecule has 184 valence electrons. The zero-order valence-corrected chi connectivity index (χ0v) is 19.8. The molecule has 2 heterocycles. The predicted molar refractivity (Wildman–Crippen MR) is 128 cm³/mol. The van der Waals surface area contributed by atoms with Crippen LogP contribution in [-0.2, 0) is 16.0 Å². The van der Waals surface area contributed by atoms with Crippen LogP contribution in [0.1, 0.15) is 15.9 Å². The maximum Gasteiger partial charge on any atom is 0.256 e. The van der Waals surface area contributed by atoms with Crippen LogP contribution in [0.25, 0.3) is 0 Å². The highest BCUT2D eigenvalue weighted by atomic mass is 19.1. The van der Waals surface area contributed by atoms with Crippen molar-refractivity contribution >= 4 is 5.91 Å². The average molecular weight is 472 g/mol. The van der Waals surface area contributed by atoms with Gasteiger partial charge in [-0.15, -0.1) is 0 Å². The second-order valence-corrected chi connectivity index (χ2v) is 8.72. The Hall–Kier alpha value is -2.52. The molecule has 0 radical (unpaired) electrons. The Labute approximate surface area is 201 Å². The van der Waals surface area contributed by atoms with Crippen molar-refractivity contribution in [2.75, 3.05) is 72.7 Å². The van der Waals surface area contributed by atoms with Crippen LogP contribution in [0.3, 0.4) is 0 Å². The standard InChI is InChI=1S/C26H34FN3O4/c1-32-25-9-5-2-6-21(25)18-29-14-17-34-22(19-29)20-30(11-10-28-12-15-33-16-13-28)26(31)23-7-3-4-8-24(23)27/h2-9,22H,10-20H2,1H3/t22-/m1/s1. The zero-order valence-electron chi connectivity index (χ0n) is 19.8. The Morgan fingerprint density at radius 1 is 1.06 bits per heavy atom. The lowest BCUT2D eigenvalue weighted by Crippen LogP contribution is -2.50. The summed E-state index contributed by atoms with van der Waals surface area (Å²) in [7, 11) is 1.68. The molecule has 2 aromatic rings. The van der Waals surface area contributed by atoms with Crippen LogP contribution in [0.15, 0.2) is 48.5 Å². The molecule has 2 fully saturated rings. The molecule has 8 heteroatoms. The first-order chi connectivity index (χ1) is 16.6. The number of amides is 1. The third kappa shape index (κ3) is 6.54. The van der Waals surface area contributed by atoms with Crippen LogP contribution >= 0.6 is 0 Å². The van der Waals surface area contributed by atoms with Gasteiger partial charge >= 0.3 is 0 Å². The number of hydrogen-bond donors (Lipinski definition) is 0. The minimum absolute atomic E-state index is 0.103. The first kappa shape index (κ1) is 24.6. The van der Waals surface area contributed by atoms with Crippen molar-refractivity contribution in [3.63, 3.8) is 0 Å². The Morgan fingerprint density at radius 2 is 1.79 bits per heavy atom. The van der Waals surface area contributed by atoms with E-state index in [1.54, 1.807) is 30.2 Å². The molecular formula is C26H34FN3O4. The highest BCUT2D eigenvalue weighted by Gasteiger charge is 2.27. The van der Waals surface area contributed by atoms with E-state index < -0.39 is 5.82 Å². The highest BCUT2D eigenvalue weighted by molar-refractivity contribution is 5.94. The van der Waals surface area contributed by atoms with Gasteiger partial charge in [0.25, 0.3) is 5.91 Å². The fraction of sp³-hybridized carbons (Fsp3) is 0.500. The highest BCUT2D eigenvalue weighted by Crippen LogP contribution is 2.21. The van der Waals surface area contributed by atoms with Crippen molar-refractivity contribution in [2.45, 2.75) is 12.6 Å². The van der Waals surface area contributed by atoms with Gasteiger partial charge in [-0.25, -0.2) is 4.39 Å². The van der Waals surface area contributed by atoms with Gasteiger partial charge in [-0.3, -0.25) is 14.6 Å². The number of carbonyl (C=O) groups excluding carboxylic acids is 1. The van der Waals surface area contributed by atoms with Gasteiger partial charge in [0.15, 0.2) is 0 Å². The molecule has 0 N–H and O–H groups in total. The van der Waals surface area contributed by atoms with Crippen LogP contribution in [0.2, 0.25) is 0 Å². The van der Waals surface area contributed by atoms with Gasteiger partial charge < -0.3 is 19.1 Å². The molecule has 4 rings (SSSR count). The van der Waals surface area contributed by atoms with Crippen molar-refractivity contribution in [2.24, 2.45) is 0 Å². The van der Waals surface area contributed by atoms with E-state index in [2.05, 4.69) is 15.9 Å². The molecule has 34 heavy (non-hydrogen) atoms. The first-order valence-electron chi connectivity index (χ1n) is 11.9. The minimum Gasteiger partial charge on any atom is -0.496 e. The Kier molecular flexibility index (Phi) is 8.87.